The highest BCUT2D eigenvalue weighted by Gasteiger charge is 2.30. The molecule has 1 aromatic heterocycles. The summed E-state index contributed by atoms with van der Waals surface area (Å²) in [6.07, 6.45) is -5.71. The molecule has 0 unspecified atom stereocenters. The van der Waals surface area contributed by atoms with Gasteiger partial charge in [-0.25, -0.2) is 0 Å². The Bertz CT molecular complexity index is 725. The summed E-state index contributed by atoms with van der Waals surface area (Å²) in [7, 11) is 0. The zero-order valence-electron chi connectivity index (χ0n) is 11.8. The fourth-order valence-corrected chi connectivity index (χ4v) is 1.71. The Morgan fingerprint density at radius 3 is 2.70 bits per heavy atom. The average molecular weight is 328 g/mol. The maximum Gasteiger partial charge on any atom is 0.396 e. The zero-order valence-corrected chi connectivity index (χ0v) is 11.8. The first-order chi connectivity index (χ1) is 10.7. The van der Waals surface area contributed by atoms with Crippen LogP contribution in [0.25, 0.3) is 0 Å². The summed E-state index contributed by atoms with van der Waals surface area (Å²) in [5.41, 5.74) is 0.143. The summed E-state index contributed by atoms with van der Waals surface area (Å²) in [5, 5.41) is 5.64. The lowest BCUT2D eigenvalue weighted by Gasteiger charge is -2.04. The largest absolute Gasteiger partial charge is 0.427 e. The van der Waals surface area contributed by atoms with Crippen LogP contribution in [0.2, 0.25) is 0 Å². The van der Waals surface area contributed by atoms with Crippen LogP contribution < -0.4 is 10.1 Å². The van der Waals surface area contributed by atoms with Crippen LogP contribution in [-0.4, -0.2) is 23.2 Å². The van der Waals surface area contributed by atoms with Gasteiger partial charge in [-0.3, -0.25) is 9.59 Å². The molecule has 0 saturated heterocycles. The van der Waals surface area contributed by atoms with Gasteiger partial charge in [0.05, 0.1) is 0 Å². The molecule has 0 aliphatic rings. The number of esters is 1. The molecule has 0 aliphatic carbocycles. The second kappa shape index (κ2) is 6.51. The van der Waals surface area contributed by atoms with E-state index in [9.17, 15) is 22.8 Å². The maximum atomic E-state index is 12.2. The summed E-state index contributed by atoms with van der Waals surface area (Å²) < 4.78 is 46.0. The summed E-state index contributed by atoms with van der Waals surface area (Å²) in [5.74, 6) is -1.57. The van der Waals surface area contributed by atoms with Gasteiger partial charge in [-0.2, -0.15) is 13.2 Å². The molecule has 0 aliphatic heterocycles. The third-order valence-electron chi connectivity index (χ3n) is 2.53. The van der Waals surface area contributed by atoms with Gasteiger partial charge in [0.2, 0.25) is 0 Å². The van der Waals surface area contributed by atoms with Crippen molar-refractivity contribution in [3.8, 4) is 5.75 Å². The summed E-state index contributed by atoms with van der Waals surface area (Å²) in [6, 6.07) is 6.72. The van der Waals surface area contributed by atoms with Gasteiger partial charge in [0.1, 0.15) is 17.9 Å². The maximum absolute atomic E-state index is 12.2. The van der Waals surface area contributed by atoms with E-state index < -0.39 is 30.2 Å². The van der Waals surface area contributed by atoms with Crippen molar-refractivity contribution in [2.45, 2.75) is 19.5 Å². The second-order valence-electron chi connectivity index (χ2n) is 4.55. The van der Waals surface area contributed by atoms with Crippen molar-refractivity contribution in [1.82, 2.24) is 5.16 Å². The fraction of sp³-hybridized carbons (Fsp3) is 0.214. The molecule has 1 amide bonds. The van der Waals surface area contributed by atoms with Gasteiger partial charge in [-0.05, 0) is 18.2 Å². The Balaban J connectivity index is 2.06. The Labute approximate surface area is 128 Å². The number of nitrogens with zero attached hydrogens (tertiary/aromatic N) is 1. The minimum absolute atomic E-state index is 0.143. The van der Waals surface area contributed by atoms with Crippen LogP contribution in [0.4, 0.5) is 19.0 Å². The molecular formula is C14H11F3N2O4. The lowest BCUT2D eigenvalue weighted by Crippen LogP contribution is -2.13. The Morgan fingerprint density at radius 2 is 2.04 bits per heavy atom. The number of nitrogens with one attached hydrogen (secondary N) is 1. The average Bonchev–Trinajstić information content (AvgIpc) is 2.83. The van der Waals surface area contributed by atoms with Crippen molar-refractivity contribution < 1.29 is 32.0 Å². The number of amides is 1. The molecule has 9 heteroatoms. The molecule has 122 valence electrons. The Morgan fingerprint density at radius 1 is 1.30 bits per heavy atom. The van der Waals surface area contributed by atoms with Crippen molar-refractivity contribution >= 4 is 17.7 Å². The summed E-state index contributed by atoms with van der Waals surface area (Å²) in [4.78, 5) is 22.9. The quantitative estimate of drug-likeness (QED) is 0.689. The molecule has 0 atom stereocenters. The predicted octanol–water partition coefficient (Wildman–Crippen LogP) is 2.96. The molecule has 1 N–H and O–H groups in total. The second-order valence-corrected chi connectivity index (χ2v) is 4.55. The van der Waals surface area contributed by atoms with Gasteiger partial charge in [0.15, 0.2) is 5.82 Å². The van der Waals surface area contributed by atoms with Gasteiger partial charge in [-0.1, -0.05) is 11.2 Å². The molecule has 0 bridgehead atoms. The number of alkyl halides is 3. The van der Waals surface area contributed by atoms with Crippen LogP contribution in [0, 0.1) is 0 Å². The van der Waals surface area contributed by atoms with Crippen LogP contribution in [0.3, 0.4) is 0 Å². The van der Waals surface area contributed by atoms with Crippen LogP contribution >= 0.6 is 0 Å². The van der Waals surface area contributed by atoms with Crippen molar-refractivity contribution in [2.75, 3.05) is 5.32 Å². The highest BCUT2D eigenvalue weighted by molar-refractivity contribution is 6.04. The van der Waals surface area contributed by atoms with E-state index >= 15 is 0 Å². The predicted molar refractivity (Wildman–Crippen MR) is 72.0 cm³/mol. The molecule has 23 heavy (non-hydrogen) atoms. The first-order valence-corrected chi connectivity index (χ1v) is 6.35. The zero-order chi connectivity index (χ0) is 17.0. The lowest BCUT2D eigenvalue weighted by atomic mass is 10.2. The number of aromatic nitrogens is 1. The molecule has 1 aromatic carbocycles. The Kier molecular flexibility index (Phi) is 4.68. The van der Waals surface area contributed by atoms with Crippen molar-refractivity contribution in [2.24, 2.45) is 0 Å². The number of ether oxygens (including phenoxy) is 1. The number of benzene rings is 1. The number of carbonyl (C=O) groups is 2. The number of hydrogen-bond acceptors (Lipinski definition) is 5. The molecule has 0 saturated carbocycles. The molecule has 1 heterocycles. The third-order valence-corrected chi connectivity index (χ3v) is 2.53. The molecular weight excluding hydrogens is 317 g/mol. The lowest BCUT2D eigenvalue weighted by molar-refractivity contribution is -0.132. The van der Waals surface area contributed by atoms with Gasteiger partial charge in [0.25, 0.3) is 5.91 Å². The number of carbonyl (C=O) groups excluding carboxylic acids is 2. The molecule has 2 aromatic rings. The van der Waals surface area contributed by atoms with Gasteiger partial charge >= 0.3 is 12.1 Å². The van der Waals surface area contributed by atoms with Crippen molar-refractivity contribution in [3.05, 3.63) is 41.7 Å². The van der Waals surface area contributed by atoms with Gasteiger partial charge in [-0.15, -0.1) is 0 Å². The standard InChI is InChI=1S/C14H11F3N2O4/c1-8(20)22-10-4-2-3-9(5-10)13(21)18-12-6-11(23-19-12)7-14(15,16)17/h2-6H,7H2,1H3,(H,18,19,21). The van der Waals surface area contributed by atoms with Crippen LogP contribution in [0.15, 0.2) is 34.9 Å². The summed E-state index contributed by atoms with van der Waals surface area (Å²) >= 11 is 0. The fourth-order valence-electron chi connectivity index (χ4n) is 1.71. The molecule has 0 radical (unpaired) electrons. The van der Waals surface area contributed by atoms with Gasteiger partial charge in [0, 0.05) is 18.6 Å². The van der Waals surface area contributed by atoms with E-state index in [1.54, 1.807) is 0 Å². The van der Waals surface area contributed by atoms with Crippen molar-refractivity contribution in [1.29, 1.82) is 0 Å². The van der Waals surface area contributed by atoms with Crippen molar-refractivity contribution in [3.63, 3.8) is 0 Å². The van der Waals surface area contributed by atoms with E-state index in [0.29, 0.717) is 0 Å². The van der Waals surface area contributed by atoms with E-state index in [1.165, 1.54) is 31.2 Å². The van der Waals surface area contributed by atoms with Crippen LogP contribution in [0.5, 0.6) is 5.75 Å². The normalized spacial score (nSPS) is 11.1. The minimum atomic E-state index is -4.43. The highest BCUT2D eigenvalue weighted by atomic mass is 19.4. The molecule has 6 nitrogen and oxygen atoms in total. The van der Waals surface area contributed by atoms with E-state index in [0.717, 1.165) is 6.07 Å². The Hall–Kier alpha value is -2.84. The van der Waals surface area contributed by atoms with E-state index in [-0.39, 0.29) is 17.1 Å². The number of hydrogen-bond donors (Lipinski definition) is 1. The van der Waals surface area contributed by atoms with Crippen LogP contribution in [0.1, 0.15) is 23.0 Å². The third kappa shape index (κ3) is 5.13. The SMILES string of the molecule is CC(=O)Oc1cccc(C(=O)Nc2cc(CC(F)(F)F)on2)c1. The molecule has 2 rings (SSSR count). The highest BCUT2D eigenvalue weighted by Crippen LogP contribution is 2.23. The first-order valence-electron chi connectivity index (χ1n) is 6.35. The topological polar surface area (TPSA) is 81.4 Å². The molecule has 0 fully saturated rings. The molecule has 0 spiro atoms. The summed E-state index contributed by atoms with van der Waals surface area (Å²) in [6.45, 7) is 1.21. The number of rotatable bonds is 4. The number of halogens is 3. The van der Waals surface area contributed by atoms with Crippen LogP contribution in [-0.2, 0) is 11.2 Å². The smallest absolute Gasteiger partial charge is 0.396 e. The van der Waals surface area contributed by atoms with E-state index in [4.69, 9.17) is 4.74 Å². The monoisotopic (exact) mass is 328 g/mol. The minimum Gasteiger partial charge on any atom is -0.427 e. The number of anilines is 1. The first kappa shape index (κ1) is 16.5. The van der Waals surface area contributed by atoms with E-state index in [1.807, 2.05) is 0 Å². The van der Waals surface area contributed by atoms with E-state index in [2.05, 4.69) is 15.0 Å². The van der Waals surface area contributed by atoms with Gasteiger partial charge < -0.3 is 14.6 Å².